The van der Waals surface area contributed by atoms with E-state index in [1.807, 2.05) is 0 Å². The number of aryl methyl sites for hydroxylation is 1. The van der Waals surface area contributed by atoms with Crippen molar-refractivity contribution in [1.82, 2.24) is 4.57 Å². The lowest BCUT2D eigenvalue weighted by atomic mass is 10.0. The molecule has 0 radical (unpaired) electrons. The lowest BCUT2D eigenvalue weighted by Gasteiger charge is -2.18. The second-order valence-corrected chi connectivity index (χ2v) is 6.73. The zero-order chi connectivity index (χ0) is 22.5. The molecule has 2 N–H and O–H groups in total. The van der Waals surface area contributed by atoms with Crippen molar-refractivity contribution in [2.45, 2.75) is 20.0 Å². The molecule has 11 heteroatoms. The summed E-state index contributed by atoms with van der Waals surface area (Å²) in [7, 11) is 1.43. The summed E-state index contributed by atoms with van der Waals surface area (Å²) in [6.45, 7) is 2.54. The third-order valence-corrected chi connectivity index (χ3v) is 4.85. The van der Waals surface area contributed by atoms with Crippen molar-refractivity contribution in [3.8, 4) is 34.0 Å². The van der Waals surface area contributed by atoms with Gasteiger partial charge in [0.15, 0.2) is 17.1 Å². The van der Waals surface area contributed by atoms with Gasteiger partial charge in [0.1, 0.15) is 0 Å². The molecule has 0 unspecified atom stereocenters. The molecule has 0 aliphatic rings. The molecule has 0 amide bonds. The number of nitro benzene ring substituents is 1. The molecule has 0 bridgehead atoms. The Morgan fingerprint density at radius 1 is 1.10 bits per heavy atom. The highest BCUT2D eigenvalue weighted by atomic mass is 19.4. The quantitative estimate of drug-likeness (QED) is 0.218. The van der Waals surface area contributed by atoms with Crippen LogP contribution in [0.1, 0.15) is 17.0 Å². The lowest BCUT2D eigenvalue weighted by molar-refractivity contribution is -0.618. The number of hydrogen-bond acceptors (Lipinski definition) is 5. The number of aromatic nitrogens is 2. The Morgan fingerprint density at radius 3 is 2.27 bits per heavy atom. The van der Waals surface area contributed by atoms with E-state index >= 15 is 0 Å². The van der Waals surface area contributed by atoms with E-state index in [4.69, 9.17) is 0 Å². The highest BCUT2D eigenvalue weighted by Gasteiger charge is 2.38. The van der Waals surface area contributed by atoms with Gasteiger partial charge in [0.25, 0.3) is 0 Å². The van der Waals surface area contributed by atoms with Gasteiger partial charge in [-0.1, -0.05) is 0 Å². The summed E-state index contributed by atoms with van der Waals surface area (Å²) in [5.41, 5.74) is -1.96. The molecule has 0 atom stereocenters. The highest BCUT2D eigenvalue weighted by Crippen LogP contribution is 2.42. The van der Waals surface area contributed by atoms with E-state index < -0.39 is 33.8 Å². The minimum atomic E-state index is -4.72. The normalized spacial score (nSPS) is 11.7. The van der Waals surface area contributed by atoms with Crippen molar-refractivity contribution < 1.29 is 33.0 Å². The zero-order valence-corrected chi connectivity index (χ0v) is 16.0. The van der Waals surface area contributed by atoms with Crippen molar-refractivity contribution >= 4 is 5.69 Å². The van der Waals surface area contributed by atoms with Gasteiger partial charge in [-0.3, -0.25) is 10.1 Å². The fourth-order valence-corrected chi connectivity index (χ4v) is 3.39. The van der Waals surface area contributed by atoms with Gasteiger partial charge < -0.3 is 20.0 Å². The molecule has 3 rings (SSSR count). The molecule has 2 heterocycles. The van der Waals surface area contributed by atoms with Gasteiger partial charge in [0, 0.05) is 44.3 Å². The summed E-state index contributed by atoms with van der Waals surface area (Å²) in [6, 6.07) is 5.56. The highest BCUT2D eigenvalue weighted by molar-refractivity contribution is 5.76. The average Bonchev–Trinajstić information content (AvgIpc) is 3.01. The molecule has 0 aliphatic heterocycles. The minimum absolute atomic E-state index is 0.0506. The minimum Gasteiger partial charge on any atom is -0.618 e. The van der Waals surface area contributed by atoms with Crippen LogP contribution in [0.3, 0.4) is 0 Å². The van der Waals surface area contributed by atoms with Gasteiger partial charge in [-0.15, -0.1) is 0 Å². The Balaban J connectivity index is 2.29. The largest absolute Gasteiger partial charge is 0.618 e. The third kappa shape index (κ3) is 3.27. The van der Waals surface area contributed by atoms with Crippen LogP contribution >= 0.6 is 0 Å². The Morgan fingerprint density at radius 2 is 1.70 bits per heavy atom. The number of rotatable bonds is 3. The number of pyridine rings is 1. The number of benzene rings is 1. The van der Waals surface area contributed by atoms with E-state index in [0.29, 0.717) is 4.73 Å². The molecule has 0 aliphatic carbocycles. The fourth-order valence-electron chi connectivity index (χ4n) is 3.39. The van der Waals surface area contributed by atoms with E-state index in [1.54, 1.807) is 0 Å². The lowest BCUT2D eigenvalue weighted by Crippen LogP contribution is -2.36. The maximum Gasteiger partial charge on any atom is 0.417 e. The molecule has 0 fully saturated rings. The number of alkyl halides is 3. The number of halogens is 3. The zero-order valence-electron chi connectivity index (χ0n) is 16.0. The first-order valence-electron chi connectivity index (χ1n) is 8.52. The number of phenolic OH excluding ortho intramolecular Hbond substituents is 2. The van der Waals surface area contributed by atoms with Crippen LogP contribution in [0, 0.1) is 29.2 Å². The van der Waals surface area contributed by atoms with Gasteiger partial charge >= 0.3 is 11.9 Å². The first-order chi connectivity index (χ1) is 13.8. The molecular formula is C19H16F3N3O5. The van der Waals surface area contributed by atoms with E-state index in [2.05, 4.69) is 0 Å². The second kappa shape index (κ2) is 6.94. The van der Waals surface area contributed by atoms with Gasteiger partial charge in [0.2, 0.25) is 5.75 Å². The fraction of sp³-hybridized carbons (Fsp3) is 0.211. The topological polar surface area (TPSA) is 115 Å². The van der Waals surface area contributed by atoms with Gasteiger partial charge in [-0.05, 0) is 18.2 Å². The van der Waals surface area contributed by atoms with Crippen molar-refractivity contribution in [1.29, 1.82) is 0 Å². The van der Waals surface area contributed by atoms with Crippen LogP contribution in [-0.4, -0.2) is 19.7 Å². The Labute approximate surface area is 167 Å². The van der Waals surface area contributed by atoms with Crippen LogP contribution in [0.2, 0.25) is 0 Å². The number of nitrogens with zero attached hydrogens (tertiary/aromatic N) is 3. The van der Waals surface area contributed by atoms with E-state index in [-0.39, 0.29) is 33.9 Å². The summed E-state index contributed by atoms with van der Waals surface area (Å²) < 4.78 is 42.7. The molecule has 2 aromatic heterocycles. The first-order valence-corrected chi connectivity index (χ1v) is 8.52. The van der Waals surface area contributed by atoms with Gasteiger partial charge in [-0.25, -0.2) is 0 Å². The second-order valence-electron chi connectivity index (χ2n) is 6.73. The van der Waals surface area contributed by atoms with Crippen molar-refractivity contribution in [2.75, 3.05) is 0 Å². The molecule has 8 nitrogen and oxygen atoms in total. The van der Waals surface area contributed by atoms with E-state index in [1.165, 1.54) is 37.6 Å². The summed E-state index contributed by atoms with van der Waals surface area (Å²) in [5.74, 6) is -1.67. The van der Waals surface area contributed by atoms with Crippen molar-refractivity contribution in [2.24, 2.45) is 7.05 Å². The van der Waals surface area contributed by atoms with Crippen LogP contribution < -0.4 is 4.73 Å². The Hall–Kier alpha value is -3.76. The van der Waals surface area contributed by atoms with Crippen LogP contribution in [0.5, 0.6) is 11.5 Å². The number of aromatic hydroxyl groups is 2. The van der Waals surface area contributed by atoms with Crippen molar-refractivity contribution in [3.05, 3.63) is 62.6 Å². The monoisotopic (exact) mass is 423 g/mol. The Bertz CT molecular complexity index is 1190. The number of hydrogen-bond donors (Lipinski definition) is 2. The Kier molecular flexibility index (Phi) is 4.85. The standard InChI is InChI=1S/C19H16F3N3O5/c1-9-6-12(19(20,21)22)17(10(2)24(9)28)14-5-4-13(23(14)3)11-7-15(25(29)30)18(27)16(26)8-11/h4-8,26-27H,1-3H3. The van der Waals surface area contributed by atoms with E-state index in [0.717, 1.165) is 18.2 Å². The average molecular weight is 423 g/mol. The molecule has 3 aromatic rings. The molecule has 30 heavy (non-hydrogen) atoms. The summed E-state index contributed by atoms with van der Waals surface area (Å²) >= 11 is 0. The first kappa shape index (κ1) is 21.0. The molecule has 0 spiro atoms. The third-order valence-electron chi connectivity index (χ3n) is 4.85. The smallest absolute Gasteiger partial charge is 0.417 e. The summed E-state index contributed by atoms with van der Waals surface area (Å²) in [6.07, 6.45) is -4.72. The summed E-state index contributed by atoms with van der Waals surface area (Å²) in [5, 5.41) is 42.8. The molecule has 0 saturated heterocycles. The number of phenols is 2. The number of nitro groups is 1. The predicted octanol–water partition coefficient (Wildman–Crippen LogP) is 3.95. The molecule has 1 aromatic carbocycles. The van der Waals surface area contributed by atoms with Crippen LogP contribution in [-0.2, 0) is 13.2 Å². The molecule has 0 saturated carbocycles. The maximum absolute atomic E-state index is 13.7. The molecule has 158 valence electrons. The maximum atomic E-state index is 13.7. The SMILES string of the molecule is Cc1cc(C(F)(F)F)c(-c2ccc(-c3cc(O)c(O)c([N+](=O)[O-])c3)n2C)c(C)[n+]1[O-]. The van der Waals surface area contributed by atoms with Crippen molar-refractivity contribution in [3.63, 3.8) is 0 Å². The van der Waals surface area contributed by atoms with Crippen LogP contribution in [0.25, 0.3) is 22.5 Å². The predicted molar refractivity (Wildman–Crippen MR) is 99.7 cm³/mol. The van der Waals surface area contributed by atoms with Crippen LogP contribution in [0.4, 0.5) is 18.9 Å². The summed E-state index contributed by atoms with van der Waals surface area (Å²) in [4.78, 5) is 10.2. The van der Waals surface area contributed by atoms with Gasteiger partial charge in [0.05, 0.1) is 21.7 Å². The molecular weight excluding hydrogens is 407 g/mol. The van der Waals surface area contributed by atoms with Crippen LogP contribution in [0.15, 0.2) is 30.3 Å². The van der Waals surface area contributed by atoms with E-state index in [9.17, 15) is 38.7 Å². The van der Waals surface area contributed by atoms with Gasteiger partial charge in [-0.2, -0.15) is 17.9 Å².